The number of carbonyl (C=O) groups is 1. The van der Waals surface area contributed by atoms with Gasteiger partial charge in [0.05, 0.1) is 18.6 Å². The van der Waals surface area contributed by atoms with Crippen LogP contribution in [0.4, 0.5) is 0 Å². The number of likely N-dealkylation sites (tertiary alicyclic amines) is 1. The van der Waals surface area contributed by atoms with E-state index in [4.69, 9.17) is 4.74 Å². The molecular formula is C9H15NO2. The molecule has 0 radical (unpaired) electrons. The zero-order chi connectivity index (χ0) is 8.60. The van der Waals surface area contributed by atoms with Gasteiger partial charge in [0.1, 0.15) is 0 Å². The maximum Gasteiger partial charge on any atom is 0.233 e. The van der Waals surface area contributed by atoms with E-state index in [1.54, 1.807) is 0 Å². The van der Waals surface area contributed by atoms with Gasteiger partial charge in [0, 0.05) is 13.1 Å². The van der Waals surface area contributed by atoms with Crippen LogP contribution in [0.5, 0.6) is 0 Å². The Morgan fingerprint density at radius 2 is 1.92 bits per heavy atom. The third-order valence-corrected chi connectivity index (χ3v) is 2.75. The van der Waals surface area contributed by atoms with Crippen molar-refractivity contribution in [1.29, 1.82) is 0 Å². The lowest BCUT2D eigenvalue weighted by Gasteiger charge is -2.39. The molecule has 2 heterocycles. The van der Waals surface area contributed by atoms with Crippen molar-refractivity contribution in [1.82, 2.24) is 4.90 Å². The van der Waals surface area contributed by atoms with Crippen molar-refractivity contribution in [2.24, 2.45) is 5.41 Å². The normalized spacial score (nSPS) is 26.9. The topological polar surface area (TPSA) is 29.5 Å². The highest BCUT2D eigenvalue weighted by molar-refractivity contribution is 5.83. The van der Waals surface area contributed by atoms with Crippen molar-refractivity contribution >= 4 is 5.91 Å². The second kappa shape index (κ2) is 2.73. The summed E-state index contributed by atoms with van der Waals surface area (Å²) in [6, 6.07) is 0. The number of nitrogens with zero attached hydrogens (tertiary/aromatic N) is 1. The molecule has 1 amide bonds. The van der Waals surface area contributed by atoms with Gasteiger partial charge < -0.3 is 9.64 Å². The average Bonchev–Trinajstić information content (AvgIpc) is 2.50. The quantitative estimate of drug-likeness (QED) is 0.576. The van der Waals surface area contributed by atoms with Crippen LogP contribution in [0.1, 0.15) is 19.8 Å². The molecule has 68 valence electrons. The van der Waals surface area contributed by atoms with E-state index >= 15 is 0 Å². The number of ether oxygens (including phenoxy) is 1. The van der Waals surface area contributed by atoms with Gasteiger partial charge in [-0.05, 0) is 19.8 Å². The van der Waals surface area contributed by atoms with E-state index in [1.165, 1.54) is 12.8 Å². The van der Waals surface area contributed by atoms with Crippen LogP contribution >= 0.6 is 0 Å². The number of amides is 1. The maximum absolute atomic E-state index is 11.8. The Balaban J connectivity index is 1.98. The Bertz CT molecular complexity index is 193. The van der Waals surface area contributed by atoms with E-state index < -0.39 is 0 Å². The van der Waals surface area contributed by atoms with Gasteiger partial charge in [0.25, 0.3) is 0 Å². The van der Waals surface area contributed by atoms with E-state index in [9.17, 15) is 4.79 Å². The molecule has 0 bridgehead atoms. The first kappa shape index (κ1) is 8.05. The summed E-state index contributed by atoms with van der Waals surface area (Å²) in [4.78, 5) is 13.8. The van der Waals surface area contributed by atoms with Crippen LogP contribution in [0.3, 0.4) is 0 Å². The summed E-state index contributed by atoms with van der Waals surface area (Å²) < 4.78 is 5.07. The average molecular weight is 169 g/mol. The van der Waals surface area contributed by atoms with E-state index in [2.05, 4.69) is 0 Å². The van der Waals surface area contributed by atoms with Crippen molar-refractivity contribution in [2.75, 3.05) is 26.3 Å². The van der Waals surface area contributed by atoms with Gasteiger partial charge in [-0.15, -0.1) is 0 Å². The van der Waals surface area contributed by atoms with Crippen LogP contribution in [0, 0.1) is 5.41 Å². The first-order valence-electron chi connectivity index (χ1n) is 4.59. The maximum atomic E-state index is 11.8. The van der Waals surface area contributed by atoms with Crippen LogP contribution in [0.15, 0.2) is 0 Å². The Labute approximate surface area is 72.7 Å². The number of hydrogen-bond donors (Lipinski definition) is 0. The lowest BCUT2D eigenvalue weighted by Crippen LogP contribution is -2.52. The standard InChI is InChI=1S/C9H15NO2/c1-9(6-12-7-9)8(11)10-4-2-3-5-10/h2-7H2,1H3. The monoisotopic (exact) mass is 169 g/mol. The first-order valence-corrected chi connectivity index (χ1v) is 4.59. The number of rotatable bonds is 1. The van der Waals surface area contributed by atoms with E-state index in [1.807, 2.05) is 11.8 Å². The Morgan fingerprint density at radius 1 is 1.33 bits per heavy atom. The van der Waals surface area contributed by atoms with Crippen LogP contribution in [0.2, 0.25) is 0 Å². The van der Waals surface area contributed by atoms with E-state index in [-0.39, 0.29) is 5.41 Å². The third-order valence-electron chi connectivity index (χ3n) is 2.75. The molecule has 0 N–H and O–H groups in total. The molecule has 12 heavy (non-hydrogen) atoms. The molecule has 2 aliphatic heterocycles. The second-order valence-electron chi connectivity index (χ2n) is 4.05. The minimum absolute atomic E-state index is 0.190. The van der Waals surface area contributed by atoms with Crippen molar-refractivity contribution in [3.8, 4) is 0 Å². The molecule has 0 spiro atoms. The van der Waals surface area contributed by atoms with Crippen LogP contribution in [-0.4, -0.2) is 37.1 Å². The lowest BCUT2D eigenvalue weighted by molar-refractivity contribution is -0.167. The van der Waals surface area contributed by atoms with E-state index in [0.717, 1.165) is 13.1 Å². The summed E-state index contributed by atoms with van der Waals surface area (Å²) in [5, 5.41) is 0. The van der Waals surface area contributed by atoms with Crippen LogP contribution in [-0.2, 0) is 9.53 Å². The van der Waals surface area contributed by atoms with Gasteiger partial charge in [0.15, 0.2) is 0 Å². The van der Waals surface area contributed by atoms with Crippen molar-refractivity contribution in [3.05, 3.63) is 0 Å². The second-order valence-corrected chi connectivity index (χ2v) is 4.05. The predicted octanol–water partition coefficient (Wildman–Crippen LogP) is 0.645. The van der Waals surface area contributed by atoms with Crippen molar-refractivity contribution < 1.29 is 9.53 Å². The fourth-order valence-corrected chi connectivity index (χ4v) is 1.83. The van der Waals surface area contributed by atoms with Gasteiger partial charge >= 0.3 is 0 Å². The number of carbonyl (C=O) groups excluding carboxylic acids is 1. The fraction of sp³-hybridized carbons (Fsp3) is 0.889. The molecule has 0 atom stereocenters. The van der Waals surface area contributed by atoms with Crippen LogP contribution in [0.25, 0.3) is 0 Å². The van der Waals surface area contributed by atoms with Gasteiger partial charge in [0.2, 0.25) is 5.91 Å². The molecular weight excluding hydrogens is 154 g/mol. The lowest BCUT2D eigenvalue weighted by atomic mass is 9.87. The minimum atomic E-state index is -0.190. The molecule has 2 aliphatic rings. The smallest absolute Gasteiger partial charge is 0.233 e. The summed E-state index contributed by atoms with van der Waals surface area (Å²) in [6.07, 6.45) is 2.34. The van der Waals surface area contributed by atoms with Gasteiger partial charge in [-0.3, -0.25) is 4.79 Å². The molecule has 0 unspecified atom stereocenters. The fourth-order valence-electron chi connectivity index (χ4n) is 1.83. The summed E-state index contributed by atoms with van der Waals surface area (Å²) in [5.74, 6) is 0.297. The highest BCUT2D eigenvalue weighted by Gasteiger charge is 2.43. The summed E-state index contributed by atoms with van der Waals surface area (Å²) in [6.45, 7) is 5.13. The van der Waals surface area contributed by atoms with E-state index in [0.29, 0.717) is 19.1 Å². The van der Waals surface area contributed by atoms with Gasteiger partial charge in [-0.25, -0.2) is 0 Å². The highest BCUT2D eigenvalue weighted by Crippen LogP contribution is 2.30. The molecule has 0 aliphatic carbocycles. The first-order chi connectivity index (χ1) is 5.72. The summed E-state index contributed by atoms with van der Waals surface area (Å²) in [7, 11) is 0. The molecule has 2 rings (SSSR count). The predicted molar refractivity (Wildman–Crippen MR) is 44.7 cm³/mol. The molecule has 2 saturated heterocycles. The Morgan fingerprint density at radius 3 is 2.33 bits per heavy atom. The molecule has 3 nitrogen and oxygen atoms in total. The van der Waals surface area contributed by atoms with Crippen LogP contribution < -0.4 is 0 Å². The van der Waals surface area contributed by atoms with Crippen molar-refractivity contribution in [2.45, 2.75) is 19.8 Å². The molecule has 0 aromatic carbocycles. The minimum Gasteiger partial charge on any atom is -0.379 e. The van der Waals surface area contributed by atoms with Gasteiger partial charge in [-0.2, -0.15) is 0 Å². The third kappa shape index (κ3) is 1.12. The Kier molecular flexibility index (Phi) is 1.83. The van der Waals surface area contributed by atoms with Crippen molar-refractivity contribution in [3.63, 3.8) is 0 Å². The zero-order valence-electron chi connectivity index (χ0n) is 7.51. The number of hydrogen-bond acceptors (Lipinski definition) is 2. The summed E-state index contributed by atoms with van der Waals surface area (Å²) in [5.41, 5.74) is -0.190. The molecule has 3 heteroatoms. The molecule has 2 fully saturated rings. The molecule has 0 saturated carbocycles. The summed E-state index contributed by atoms with van der Waals surface area (Å²) >= 11 is 0. The largest absolute Gasteiger partial charge is 0.379 e. The highest BCUT2D eigenvalue weighted by atomic mass is 16.5. The molecule has 0 aromatic rings. The SMILES string of the molecule is CC1(C(=O)N2CCCC2)COC1. The Hall–Kier alpha value is -0.570. The zero-order valence-corrected chi connectivity index (χ0v) is 7.51. The molecule has 0 aromatic heterocycles. The van der Waals surface area contributed by atoms with Gasteiger partial charge in [-0.1, -0.05) is 0 Å².